The first-order chi connectivity index (χ1) is 9.29. The fraction of sp³-hybridized carbons (Fsp3) is 0.250. The first-order valence-corrected chi connectivity index (χ1v) is 6.58. The molecule has 2 rings (SSSR count). The number of rotatable bonds is 6. The van der Waals surface area contributed by atoms with Crippen LogP contribution in [-0.4, -0.2) is 6.54 Å². The highest BCUT2D eigenvalue weighted by Crippen LogP contribution is 2.25. The van der Waals surface area contributed by atoms with Crippen LogP contribution in [0.1, 0.15) is 24.4 Å². The van der Waals surface area contributed by atoms with Crippen molar-refractivity contribution in [3.8, 4) is 11.5 Å². The molecule has 0 bridgehead atoms. The predicted molar refractivity (Wildman–Crippen MR) is 85.4 cm³/mol. The highest BCUT2D eigenvalue weighted by molar-refractivity contribution is 5.85. The van der Waals surface area contributed by atoms with Crippen molar-refractivity contribution in [2.75, 3.05) is 6.54 Å². The van der Waals surface area contributed by atoms with E-state index in [4.69, 9.17) is 16.2 Å². The van der Waals surface area contributed by atoms with Crippen molar-refractivity contribution in [2.45, 2.75) is 18.9 Å². The van der Waals surface area contributed by atoms with E-state index in [0.717, 1.165) is 29.9 Å². The van der Waals surface area contributed by atoms with Crippen molar-refractivity contribution in [1.82, 2.24) is 0 Å². The van der Waals surface area contributed by atoms with E-state index in [9.17, 15) is 0 Å². The molecule has 20 heavy (non-hydrogen) atoms. The molecule has 0 amide bonds. The summed E-state index contributed by atoms with van der Waals surface area (Å²) in [4.78, 5) is 0. The van der Waals surface area contributed by atoms with Crippen LogP contribution in [0.2, 0.25) is 0 Å². The zero-order valence-corrected chi connectivity index (χ0v) is 12.2. The third-order valence-corrected chi connectivity index (χ3v) is 2.98. The molecule has 108 valence electrons. The average molecular weight is 293 g/mol. The van der Waals surface area contributed by atoms with Gasteiger partial charge < -0.3 is 16.2 Å². The molecule has 4 heteroatoms. The van der Waals surface area contributed by atoms with E-state index in [0.29, 0.717) is 6.54 Å². The lowest BCUT2D eigenvalue weighted by Gasteiger charge is -2.13. The van der Waals surface area contributed by atoms with Crippen LogP contribution in [0.5, 0.6) is 11.5 Å². The van der Waals surface area contributed by atoms with Gasteiger partial charge in [-0.1, -0.05) is 30.3 Å². The van der Waals surface area contributed by atoms with Crippen molar-refractivity contribution in [2.24, 2.45) is 11.5 Å². The van der Waals surface area contributed by atoms with Crippen molar-refractivity contribution in [3.05, 3.63) is 60.2 Å². The summed E-state index contributed by atoms with van der Waals surface area (Å²) in [5, 5.41) is 0. The summed E-state index contributed by atoms with van der Waals surface area (Å²) in [6.07, 6.45) is 1.83. The van der Waals surface area contributed by atoms with Gasteiger partial charge in [-0.25, -0.2) is 0 Å². The smallest absolute Gasteiger partial charge is 0.127 e. The summed E-state index contributed by atoms with van der Waals surface area (Å²) in [7, 11) is 0. The molecular formula is C16H21ClN2O. The Balaban J connectivity index is 0.00000200. The van der Waals surface area contributed by atoms with Crippen LogP contribution < -0.4 is 16.2 Å². The molecule has 2 aromatic carbocycles. The molecule has 0 aromatic heterocycles. The third kappa shape index (κ3) is 4.85. The molecular weight excluding hydrogens is 272 g/mol. The average Bonchev–Trinajstić information content (AvgIpc) is 2.46. The number of benzene rings is 2. The van der Waals surface area contributed by atoms with Gasteiger partial charge in [-0.2, -0.15) is 0 Å². The number of nitrogens with two attached hydrogens (primary N) is 2. The van der Waals surface area contributed by atoms with Crippen molar-refractivity contribution >= 4 is 12.4 Å². The van der Waals surface area contributed by atoms with Gasteiger partial charge >= 0.3 is 0 Å². The van der Waals surface area contributed by atoms with Gasteiger partial charge in [0.05, 0.1) is 0 Å². The molecule has 2 aromatic rings. The Kier molecular flexibility index (Phi) is 7.09. The number of halogens is 1. The maximum atomic E-state index is 6.13. The minimum atomic E-state index is 0. The zero-order valence-electron chi connectivity index (χ0n) is 11.4. The maximum Gasteiger partial charge on any atom is 0.127 e. The van der Waals surface area contributed by atoms with Crippen LogP contribution in [0.4, 0.5) is 0 Å². The van der Waals surface area contributed by atoms with Crippen LogP contribution in [0.3, 0.4) is 0 Å². The summed E-state index contributed by atoms with van der Waals surface area (Å²) < 4.78 is 5.79. The highest BCUT2D eigenvalue weighted by atomic mass is 35.5. The van der Waals surface area contributed by atoms with Crippen LogP contribution in [-0.2, 0) is 0 Å². The molecule has 0 unspecified atom stereocenters. The lowest BCUT2D eigenvalue weighted by molar-refractivity contribution is 0.480. The molecule has 4 N–H and O–H groups in total. The van der Waals surface area contributed by atoms with Gasteiger partial charge in [-0.05, 0) is 49.2 Å². The van der Waals surface area contributed by atoms with Crippen LogP contribution in [0.15, 0.2) is 54.6 Å². The fourth-order valence-corrected chi connectivity index (χ4v) is 1.94. The van der Waals surface area contributed by atoms with Gasteiger partial charge in [-0.3, -0.25) is 0 Å². The second-order valence-corrected chi connectivity index (χ2v) is 4.53. The van der Waals surface area contributed by atoms with Crippen molar-refractivity contribution in [3.63, 3.8) is 0 Å². The monoisotopic (exact) mass is 292 g/mol. The maximum absolute atomic E-state index is 6.13. The number of hydrogen-bond donors (Lipinski definition) is 2. The van der Waals surface area contributed by atoms with Gasteiger partial charge in [0, 0.05) is 6.04 Å². The van der Waals surface area contributed by atoms with E-state index in [1.807, 2.05) is 54.6 Å². The molecule has 0 fully saturated rings. The highest BCUT2D eigenvalue weighted by Gasteiger charge is 2.06. The topological polar surface area (TPSA) is 61.3 Å². The molecule has 0 aliphatic carbocycles. The Bertz CT molecular complexity index is 505. The summed E-state index contributed by atoms with van der Waals surface area (Å²) >= 11 is 0. The molecule has 0 aliphatic heterocycles. The number of ether oxygens (including phenoxy) is 1. The van der Waals surface area contributed by atoms with Gasteiger partial charge in [0.2, 0.25) is 0 Å². The fourth-order valence-electron chi connectivity index (χ4n) is 1.94. The van der Waals surface area contributed by atoms with Crippen LogP contribution in [0, 0.1) is 0 Å². The summed E-state index contributed by atoms with van der Waals surface area (Å²) in [5.41, 5.74) is 12.7. The quantitative estimate of drug-likeness (QED) is 0.854. The molecule has 3 nitrogen and oxygen atoms in total. The standard InChI is InChI=1S/C16H20N2O.ClH/c17-11-5-10-16(18)13-6-4-9-15(12-13)19-14-7-2-1-3-8-14;/h1-4,6-9,12,16H,5,10-11,17-18H2;1H/t16-;/m0./s1. The molecule has 0 spiro atoms. The first kappa shape index (κ1) is 16.5. The Morgan fingerprint density at radius 3 is 2.35 bits per heavy atom. The second kappa shape index (κ2) is 8.59. The normalized spacial score (nSPS) is 11.5. The second-order valence-electron chi connectivity index (χ2n) is 4.53. The summed E-state index contributed by atoms with van der Waals surface area (Å²) in [6, 6.07) is 17.7. The summed E-state index contributed by atoms with van der Waals surface area (Å²) in [5.74, 6) is 1.64. The lowest BCUT2D eigenvalue weighted by atomic mass is 10.0. The van der Waals surface area contributed by atoms with E-state index >= 15 is 0 Å². The molecule has 0 saturated carbocycles. The van der Waals surface area contributed by atoms with Crippen LogP contribution >= 0.6 is 12.4 Å². The van der Waals surface area contributed by atoms with E-state index in [-0.39, 0.29) is 18.4 Å². The Morgan fingerprint density at radius 2 is 1.65 bits per heavy atom. The number of hydrogen-bond acceptors (Lipinski definition) is 3. The molecule has 0 heterocycles. The van der Waals surface area contributed by atoms with E-state index in [1.54, 1.807) is 0 Å². The SMILES string of the molecule is Cl.NCCC[C@H](N)c1cccc(Oc2ccccc2)c1. The largest absolute Gasteiger partial charge is 0.457 e. The minimum Gasteiger partial charge on any atom is -0.457 e. The van der Waals surface area contributed by atoms with E-state index in [2.05, 4.69) is 0 Å². The summed E-state index contributed by atoms with van der Waals surface area (Å²) in [6.45, 7) is 0.675. The number of para-hydroxylation sites is 1. The minimum absolute atomic E-state index is 0. The first-order valence-electron chi connectivity index (χ1n) is 6.58. The molecule has 0 radical (unpaired) electrons. The van der Waals surface area contributed by atoms with Gasteiger partial charge in [0.15, 0.2) is 0 Å². The lowest BCUT2D eigenvalue weighted by Crippen LogP contribution is -2.12. The van der Waals surface area contributed by atoms with Gasteiger partial charge in [-0.15, -0.1) is 12.4 Å². The van der Waals surface area contributed by atoms with E-state index in [1.165, 1.54) is 0 Å². The Morgan fingerprint density at radius 1 is 0.950 bits per heavy atom. The van der Waals surface area contributed by atoms with Crippen molar-refractivity contribution in [1.29, 1.82) is 0 Å². The van der Waals surface area contributed by atoms with Crippen molar-refractivity contribution < 1.29 is 4.74 Å². The van der Waals surface area contributed by atoms with E-state index < -0.39 is 0 Å². The third-order valence-electron chi connectivity index (χ3n) is 2.98. The molecule has 0 aliphatic rings. The zero-order chi connectivity index (χ0) is 13.5. The molecule has 0 saturated heterocycles. The Hall–Kier alpha value is -1.55. The van der Waals surface area contributed by atoms with Gasteiger partial charge in [0.25, 0.3) is 0 Å². The predicted octanol–water partition coefficient (Wildman–Crippen LogP) is 3.64. The van der Waals surface area contributed by atoms with Gasteiger partial charge in [0.1, 0.15) is 11.5 Å². The molecule has 1 atom stereocenters. The van der Waals surface area contributed by atoms with Crippen LogP contribution in [0.25, 0.3) is 0 Å². The Labute approximate surface area is 126 Å².